The summed E-state index contributed by atoms with van der Waals surface area (Å²) in [5.41, 5.74) is 0. The van der Waals surface area contributed by atoms with Gasteiger partial charge >= 0.3 is 17.4 Å². The molecule has 0 N–H and O–H groups in total. The van der Waals surface area contributed by atoms with Crippen molar-refractivity contribution in [3.05, 3.63) is 115 Å². The number of hydrogen-bond donors (Lipinski definition) is 0. The molecule has 0 bridgehead atoms. The van der Waals surface area contributed by atoms with Crippen molar-refractivity contribution in [2.75, 3.05) is 0 Å². The number of benzene rings is 5. The van der Waals surface area contributed by atoms with Crippen LogP contribution >= 0.6 is 0 Å². The molecule has 0 saturated carbocycles. The smallest absolute Gasteiger partial charge is 0.461 e. The first-order valence-electron chi connectivity index (χ1n) is 11.7. The van der Waals surface area contributed by atoms with Crippen LogP contribution in [-0.2, 0) is 21.0 Å². The van der Waals surface area contributed by atoms with E-state index in [0.29, 0.717) is 0 Å². The lowest BCUT2D eigenvalue weighted by Crippen LogP contribution is -2.55. The van der Waals surface area contributed by atoms with Gasteiger partial charge in [0.2, 0.25) is 0 Å². The average Bonchev–Trinajstić information content (AvgIpc) is 2.93. The Bertz CT molecular complexity index is 1680. The number of rotatable bonds is 5. The predicted molar refractivity (Wildman–Crippen MR) is 142 cm³/mol. The molecule has 5 rings (SSSR count). The minimum absolute atomic E-state index is 0.164. The molecule has 0 aliphatic carbocycles. The third-order valence-electron chi connectivity index (χ3n) is 5.95. The van der Waals surface area contributed by atoms with E-state index in [-0.39, 0.29) is 10.9 Å². The maximum atomic E-state index is 11.8. The quantitative estimate of drug-likeness (QED) is 0.114. The van der Waals surface area contributed by atoms with Gasteiger partial charge in [0, 0.05) is 10.8 Å². The lowest BCUT2D eigenvalue weighted by molar-refractivity contribution is -0.333. The summed E-state index contributed by atoms with van der Waals surface area (Å²) in [6.07, 6.45) is -6.83. The van der Waals surface area contributed by atoms with Gasteiger partial charge in [0.1, 0.15) is 10.9 Å². The van der Waals surface area contributed by atoms with Gasteiger partial charge in [0.05, 0.1) is 0 Å². The highest BCUT2D eigenvalue weighted by atomic mass is 32.2. The predicted octanol–water partition coefficient (Wildman–Crippen LogP) is 8.41. The van der Waals surface area contributed by atoms with Gasteiger partial charge in [0.25, 0.3) is 0 Å². The van der Waals surface area contributed by atoms with E-state index in [1.165, 1.54) is 36.2 Å². The second kappa shape index (κ2) is 11.3. The van der Waals surface area contributed by atoms with Gasteiger partial charge in [0.15, 0.2) is 24.8 Å². The van der Waals surface area contributed by atoms with Crippen LogP contribution in [0.1, 0.15) is 0 Å². The van der Waals surface area contributed by atoms with E-state index in [0.717, 1.165) is 0 Å². The topological polar surface area (TPSA) is 57.2 Å². The van der Waals surface area contributed by atoms with E-state index in [2.05, 4.69) is 115 Å². The molecule has 0 fully saturated rings. The molecule has 0 heterocycles. The molecule has 0 atom stereocenters. The van der Waals surface area contributed by atoms with Gasteiger partial charge in [-0.25, -0.2) is 8.42 Å². The Hall–Kier alpha value is -3.61. The second-order valence-electron chi connectivity index (χ2n) is 8.62. The first kappa shape index (κ1) is 30.4. The third-order valence-corrected chi connectivity index (χ3v) is 9.17. The molecule has 3 nitrogen and oxygen atoms in total. The zero-order valence-electron chi connectivity index (χ0n) is 20.7. The van der Waals surface area contributed by atoms with Crippen molar-refractivity contribution in [1.82, 2.24) is 0 Å². The lowest BCUT2D eigenvalue weighted by Gasteiger charge is -2.29. The molecule has 5 aromatic rings. The van der Waals surface area contributed by atoms with Crippen molar-refractivity contribution in [3.63, 3.8) is 0 Å². The monoisotopic (exact) mass is 612 g/mol. The Kier molecular flexibility index (Phi) is 8.40. The van der Waals surface area contributed by atoms with Crippen LogP contribution in [0.5, 0.6) is 0 Å². The minimum atomic E-state index is -7.10. The Morgan fingerprint density at radius 3 is 1.32 bits per heavy atom. The molecule has 0 spiro atoms. The molecule has 12 heteroatoms. The van der Waals surface area contributed by atoms with Crippen molar-refractivity contribution in [2.24, 2.45) is 0 Å². The number of alkyl halides is 7. The highest BCUT2D eigenvalue weighted by Crippen LogP contribution is 2.48. The Morgan fingerprint density at radius 1 is 0.537 bits per heavy atom. The Morgan fingerprint density at radius 2 is 0.927 bits per heavy atom. The Labute approximate surface area is 233 Å². The van der Waals surface area contributed by atoms with Gasteiger partial charge in [-0.05, 0) is 47.2 Å². The van der Waals surface area contributed by atoms with Crippen molar-refractivity contribution >= 4 is 42.6 Å². The van der Waals surface area contributed by atoms with E-state index >= 15 is 0 Å². The van der Waals surface area contributed by atoms with Crippen LogP contribution in [0.3, 0.4) is 0 Å². The largest absolute Gasteiger partial charge is 0.743 e. The molecule has 0 amide bonds. The summed E-state index contributed by atoms with van der Waals surface area (Å²) in [5.74, 6) is -6.92. The van der Waals surface area contributed by atoms with Crippen molar-refractivity contribution in [3.8, 4) is 0 Å². The fourth-order valence-corrected chi connectivity index (χ4v) is 6.84. The first-order chi connectivity index (χ1) is 19.2. The lowest BCUT2D eigenvalue weighted by atomic mass is 10.1. The number of hydrogen-bond acceptors (Lipinski definition) is 3. The highest BCUT2D eigenvalue weighted by Gasteiger charge is 2.76. The van der Waals surface area contributed by atoms with Gasteiger partial charge in [-0.15, -0.1) is 0 Å². The molecule has 0 aliphatic heterocycles. The molecule has 0 unspecified atom stereocenters. The van der Waals surface area contributed by atoms with Crippen molar-refractivity contribution in [2.45, 2.75) is 32.0 Å². The molecule has 0 saturated heterocycles. The van der Waals surface area contributed by atoms with Crippen LogP contribution in [0.15, 0.2) is 130 Å². The van der Waals surface area contributed by atoms with Gasteiger partial charge in [-0.3, -0.25) is 0 Å². The average molecular weight is 613 g/mol. The van der Waals surface area contributed by atoms with Crippen LogP contribution < -0.4 is 0 Å². The summed E-state index contributed by atoms with van der Waals surface area (Å²) in [6.45, 7) is 0. The molecular formula is C29H19F7O3S2. The number of halogens is 7. The van der Waals surface area contributed by atoms with Crippen LogP contribution in [0.4, 0.5) is 30.7 Å². The minimum Gasteiger partial charge on any atom is -0.743 e. The van der Waals surface area contributed by atoms with E-state index in [4.69, 9.17) is 0 Å². The molecule has 214 valence electrons. The summed E-state index contributed by atoms with van der Waals surface area (Å²) in [7, 11) is -7.26. The van der Waals surface area contributed by atoms with E-state index in [9.17, 15) is 43.7 Å². The maximum Gasteiger partial charge on any atom is 0.461 e. The van der Waals surface area contributed by atoms with Crippen LogP contribution in [0.2, 0.25) is 0 Å². The SMILES string of the molecule is O=S(=O)([O-])C(F)(F)C(F)(F)C(F)(F)F.c1ccc([S+](c2cccc3ccccc23)c2cccc3ccccc23)cc1. The fraction of sp³-hybridized carbons (Fsp3) is 0.103. The first-order valence-corrected chi connectivity index (χ1v) is 14.3. The van der Waals surface area contributed by atoms with Gasteiger partial charge < -0.3 is 4.55 Å². The zero-order valence-corrected chi connectivity index (χ0v) is 22.3. The maximum absolute atomic E-state index is 11.8. The number of fused-ring (bicyclic) bond motifs is 2. The molecule has 0 radical (unpaired) electrons. The molecule has 0 aliphatic rings. The van der Waals surface area contributed by atoms with Crippen LogP contribution in [-0.4, -0.2) is 30.3 Å². The molecule has 5 aromatic carbocycles. The summed E-state index contributed by atoms with van der Waals surface area (Å²) in [5, 5.41) is -1.47. The third kappa shape index (κ3) is 5.90. The van der Waals surface area contributed by atoms with Crippen molar-refractivity contribution < 1.29 is 43.7 Å². The molecular weight excluding hydrogens is 593 g/mol. The fourth-order valence-electron chi connectivity index (χ4n) is 4.00. The van der Waals surface area contributed by atoms with E-state index in [1.807, 2.05) is 0 Å². The van der Waals surface area contributed by atoms with Gasteiger partial charge in [-0.2, -0.15) is 30.7 Å². The summed E-state index contributed by atoms with van der Waals surface area (Å²) in [6, 6.07) is 41.7. The standard InChI is InChI=1S/C26H19S.C3HF7O3S/c1-2-14-22(15-3-1)27(25-18-8-12-20-10-4-6-16-23(20)25)26-19-9-13-21-11-5-7-17-24(21)26;4-1(5,2(6,7)8)3(9,10)14(11,12)13/h1-19H;(H,11,12,13)/q+1;/p-1. The van der Waals surface area contributed by atoms with E-state index in [1.54, 1.807) is 0 Å². The Balaban J connectivity index is 0.000000237. The van der Waals surface area contributed by atoms with Crippen molar-refractivity contribution in [1.29, 1.82) is 0 Å². The van der Waals surface area contributed by atoms with Crippen LogP contribution in [0, 0.1) is 0 Å². The summed E-state index contributed by atoms with van der Waals surface area (Å²) < 4.78 is 109. The highest BCUT2D eigenvalue weighted by molar-refractivity contribution is 7.97. The molecule has 41 heavy (non-hydrogen) atoms. The summed E-state index contributed by atoms with van der Waals surface area (Å²) in [4.78, 5) is 4.12. The van der Waals surface area contributed by atoms with Crippen LogP contribution in [0.25, 0.3) is 21.5 Å². The second-order valence-corrected chi connectivity index (χ2v) is 12.0. The zero-order chi connectivity index (χ0) is 30.1. The van der Waals surface area contributed by atoms with Gasteiger partial charge in [-0.1, -0.05) is 78.9 Å². The van der Waals surface area contributed by atoms with E-state index < -0.39 is 27.5 Å². The summed E-state index contributed by atoms with van der Waals surface area (Å²) >= 11 is 0. The molecule has 0 aromatic heterocycles. The normalized spacial score (nSPS) is 12.8.